The number of aryl methyl sites for hydroxylation is 1. The monoisotopic (exact) mass is 317 g/mol. The fourth-order valence-corrected chi connectivity index (χ4v) is 2.98. The van der Waals surface area contributed by atoms with Gasteiger partial charge in [-0.05, 0) is 30.3 Å². The molecule has 4 rings (SSSR count). The molecule has 24 heavy (non-hydrogen) atoms. The lowest BCUT2D eigenvalue weighted by Crippen LogP contribution is -2.20. The number of hydrogen-bond donors (Lipinski definition) is 1. The molecule has 0 aliphatic carbocycles. The first kappa shape index (κ1) is 14.3. The Morgan fingerprint density at radius 3 is 2.46 bits per heavy atom. The van der Waals surface area contributed by atoms with Crippen molar-refractivity contribution in [3.05, 3.63) is 77.2 Å². The zero-order valence-corrected chi connectivity index (χ0v) is 13.0. The number of rotatable bonds is 2. The zero-order valence-electron chi connectivity index (χ0n) is 13.0. The molecule has 0 aliphatic rings. The topological polar surface area (TPSA) is 60.0 Å². The molecule has 1 N–H and O–H groups in total. The Hall–Kier alpha value is -3.34. The van der Waals surface area contributed by atoms with E-state index in [4.69, 9.17) is 0 Å². The second-order valence-corrected chi connectivity index (χ2v) is 5.57. The summed E-state index contributed by atoms with van der Waals surface area (Å²) in [6.07, 6.45) is 1.62. The highest BCUT2D eigenvalue weighted by molar-refractivity contribution is 5.91. The molecule has 0 unspecified atom stereocenters. The van der Waals surface area contributed by atoms with Gasteiger partial charge in [-0.25, -0.2) is 4.68 Å². The van der Waals surface area contributed by atoms with Gasteiger partial charge in [-0.2, -0.15) is 5.10 Å². The summed E-state index contributed by atoms with van der Waals surface area (Å²) in [6, 6.07) is 18.6. The van der Waals surface area contributed by atoms with Crippen molar-refractivity contribution >= 4 is 10.9 Å². The first-order valence-corrected chi connectivity index (χ1v) is 7.59. The average Bonchev–Trinajstić information content (AvgIpc) is 3.10. The molecular formula is C19H15N3O2. The van der Waals surface area contributed by atoms with Crippen LogP contribution in [0.4, 0.5) is 0 Å². The normalized spacial score (nSPS) is 11.0. The van der Waals surface area contributed by atoms with Crippen LogP contribution in [0.1, 0.15) is 0 Å². The van der Waals surface area contributed by atoms with E-state index in [2.05, 4.69) is 5.10 Å². The largest absolute Gasteiger partial charge is 0.506 e. The summed E-state index contributed by atoms with van der Waals surface area (Å²) in [5, 5.41) is 15.7. The van der Waals surface area contributed by atoms with E-state index in [1.165, 1.54) is 0 Å². The van der Waals surface area contributed by atoms with Crippen molar-refractivity contribution in [2.75, 3.05) is 0 Å². The van der Waals surface area contributed by atoms with Crippen molar-refractivity contribution in [2.24, 2.45) is 7.05 Å². The second-order valence-electron chi connectivity index (χ2n) is 5.57. The van der Waals surface area contributed by atoms with Crippen LogP contribution in [-0.2, 0) is 7.05 Å². The number of fused-ring (bicyclic) bond motifs is 1. The first-order chi connectivity index (χ1) is 11.7. The minimum atomic E-state index is -0.260. The van der Waals surface area contributed by atoms with E-state index in [9.17, 15) is 9.90 Å². The first-order valence-electron chi connectivity index (χ1n) is 7.59. The van der Waals surface area contributed by atoms with Crippen LogP contribution in [0, 0.1) is 0 Å². The van der Waals surface area contributed by atoms with E-state index in [0.717, 1.165) is 5.69 Å². The summed E-state index contributed by atoms with van der Waals surface area (Å²) in [4.78, 5) is 12.8. The van der Waals surface area contributed by atoms with Crippen molar-refractivity contribution in [1.29, 1.82) is 0 Å². The van der Waals surface area contributed by atoms with Gasteiger partial charge < -0.3 is 9.67 Å². The van der Waals surface area contributed by atoms with Gasteiger partial charge in [0.1, 0.15) is 11.3 Å². The van der Waals surface area contributed by atoms with E-state index in [1.807, 2.05) is 48.5 Å². The molecule has 4 aromatic rings. The fraction of sp³-hybridized carbons (Fsp3) is 0.0526. The number of aromatic nitrogens is 3. The molecule has 5 heteroatoms. The third kappa shape index (κ3) is 2.02. The van der Waals surface area contributed by atoms with Gasteiger partial charge in [-0.1, -0.05) is 30.3 Å². The summed E-state index contributed by atoms with van der Waals surface area (Å²) in [7, 11) is 1.71. The quantitative estimate of drug-likeness (QED) is 0.618. The molecule has 118 valence electrons. The van der Waals surface area contributed by atoms with Crippen LogP contribution in [0.3, 0.4) is 0 Å². The predicted molar refractivity (Wildman–Crippen MR) is 93.4 cm³/mol. The molecule has 5 nitrogen and oxygen atoms in total. The molecule has 0 saturated carbocycles. The van der Waals surface area contributed by atoms with E-state index in [0.29, 0.717) is 16.6 Å². The minimum Gasteiger partial charge on any atom is -0.506 e. The number of hydrogen-bond acceptors (Lipinski definition) is 3. The Morgan fingerprint density at radius 1 is 0.958 bits per heavy atom. The number of pyridine rings is 1. The highest BCUT2D eigenvalue weighted by Gasteiger charge is 2.19. The van der Waals surface area contributed by atoms with E-state index in [1.54, 1.807) is 34.6 Å². The molecule has 2 aromatic carbocycles. The molecule has 0 amide bonds. The highest BCUT2D eigenvalue weighted by Crippen LogP contribution is 2.33. The van der Waals surface area contributed by atoms with Crippen molar-refractivity contribution in [1.82, 2.24) is 14.3 Å². The van der Waals surface area contributed by atoms with Crippen LogP contribution in [0.15, 0.2) is 71.7 Å². The number of aromatic hydroxyl groups is 1. The Balaban J connectivity index is 2.07. The van der Waals surface area contributed by atoms with Gasteiger partial charge in [-0.15, -0.1) is 0 Å². The summed E-state index contributed by atoms with van der Waals surface area (Å²) >= 11 is 0. The Labute approximate surface area is 138 Å². The lowest BCUT2D eigenvalue weighted by atomic mass is 10.1. The molecule has 0 radical (unpaired) electrons. The Kier molecular flexibility index (Phi) is 3.20. The van der Waals surface area contributed by atoms with E-state index < -0.39 is 0 Å². The van der Waals surface area contributed by atoms with Gasteiger partial charge in [0.2, 0.25) is 0 Å². The van der Waals surface area contributed by atoms with Gasteiger partial charge in [0.05, 0.1) is 23.1 Å². The number of benzene rings is 2. The van der Waals surface area contributed by atoms with Crippen molar-refractivity contribution in [3.8, 4) is 22.7 Å². The predicted octanol–water partition coefficient (Wildman–Crippen LogP) is 3.10. The smallest absolute Gasteiger partial charge is 0.264 e. The van der Waals surface area contributed by atoms with Crippen LogP contribution in [0.2, 0.25) is 0 Å². The van der Waals surface area contributed by atoms with Crippen LogP contribution < -0.4 is 5.56 Å². The van der Waals surface area contributed by atoms with Crippen molar-refractivity contribution < 1.29 is 5.11 Å². The maximum absolute atomic E-state index is 12.8. The summed E-state index contributed by atoms with van der Waals surface area (Å²) in [5.41, 5.74) is 2.06. The van der Waals surface area contributed by atoms with Gasteiger partial charge in [-0.3, -0.25) is 4.79 Å². The zero-order chi connectivity index (χ0) is 16.7. The Morgan fingerprint density at radius 2 is 1.67 bits per heavy atom. The maximum Gasteiger partial charge on any atom is 0.264 e. The molecular weight excluding hydrogens is 302 g/mol. The van der Waals surface area contributed by atoms with E-state index in [-0.39, 0.29) is 16.9 Å². The fourth-order valence-electron chi connectivity index (χ4n) is 2.98. The second kappa shape index (κ2) is 5.38. The van der Waals surface area contributed by atoms with Gasteiger partial charge in [0.15, 0.2) is 0 Å². The lowest BCUT2D eigenvalue weighted by molar-refractivity contribution is 0.481. The van der Waals surface area contributed by atoms with Crippen molar-refractivity contribution in [3.63, 3.8) is 0 Å². The van der Waals surface area contributed by atoms with Crippen LogP contribution >= 0.6 is 0 Å². The molecule has 2 aromatic heterocycles. The average molecular weight is 317 g/mol. The van der Waals surface area contributed by atoms with Crippen LogP contribution in [-0.4, -0.2) is 19.5 Å². The molecule has 2 heterocycles. The Bertz CT molecular complexity index is 1090. The van der Waals surface area contributed by atoms with Crippen molar-refractivity contribution in [2.45, 2.75) is 0 Å². The van der Waals surface area contributed by atoms with Gasteiger partial charge >= 0.3 is 0 Å². The van der Waals surface area contributed by atoms with E-state index >= 15 is 0 Å². The lowest BCUT2D eigenvalue weighted by Gasteiger charge is -2.13. The van der Waals surface area contributed by atoms with Gasteiger partial charge in [0, 0.05) is 12.4 Å². The molecule has 0 bridgehead atoms. The molecule has 0 saturated heterocycles. The number of para-hydroxylation sites is 2. The standard InChI is InChI=1S/C19H15N3O2/c1-21-15-10-6-5-9-14(15)18(23)17(19(21)24)16-11-12-20-22(16)13-7-3-2-4-8-13/h2-12,23H,1H3. The third-order valence-electron chi connectivity index (χ3n) is 4.18. The summed E-state index contributed by atoms with van der Waals surface area (Å²) < 4.78 is 3.21. The maximum atomic E-state index is 12.8. The number of nitrogens with zero attached hydrogens (tertiary/aromatic N) is 3. The van der Waals surface area contributed by atoms with Crippen LogP contribution in [0.5, 0.6) is 5.75 Å². The molecule has 0 aliphatic heterocycles. The molecule has 0 spiro atoms. The highest BCUT2D eigenvalue weighted by atomic mass is 16.3. The SMILES string of the molecule is Cn1c(=O)c(-c2ccnn2-c2ccccc2)c(O)c2ccccc21. The summed E-state index contributed by atoms with van der Waals surface area (Å²) in [6.45, 7) is 0. The third-order valence-corrected chi connectivity index (χ3v) is 4.18. The molecule has 0 fully saturated rings. The van der Waals surface area contributed by atoms with Crippen LogP contribution in [0.25, 0.3) is 27.8 Å². The van der Waals surface area contributed by atoms with Gasteiger partial charge in [0.25, 0.3) is 5.56 Å². The summed E-state index contributed by atoms with van der Waals surface area (Å²) in [5.74, 6) is -0.0219. The molecule has 0 atom stereocenters. The minimum absolute atomic E-state index is 0.0219.